The van der Waals surface area contributed by atoms with Gasteiger partial charge in [0.2, 0.25) is 5.91 Å². The van der Waals surface area contributed by atoms with Gasteiger partial charge in [0.05, 0.1) is 17.3 Å². The van der Waals surface area contributed by atoms with E-state index in [1.54, 1.807) is 6.92 Å². The van der Waals surface area contributed by atoms with Gasteiger partial charge in [0, 0.05) is 37.1 Å². The smallest absolute Gasteiger partial charge is 0.271 e. The van der Waals surface area contributed by atoms with E-state index in [1.165, 1.54) is 61.8 Å². The number of aromatic nitrogens is 2. The maximum Gasteiger partial charge on any atom is 0.271 e. The monoisotopic (exact) mass is 554 g/mol. The number of hydrogen-bond donors (Lipinski definition) is 2. The molecular formula is C27H21ClF2N4O5. The van der Waals surface area contributed by atoms with Crippen LogP contribution in [0.3, 0.4) is 0 Å². The highest BCUT2D eigenvalue weighted by Crippen LogP contribution is 2.34. The van der Waals surface area contributed by atoms with Crippen LogP contribution in [0.15, 0.2) is 71.8 Å². The van der Waals surface area contributed by atoms with Crippen molar-refractivity contribution in [2.45, 2.75) is 13.8 Å². The SMILES string of the molecule is CCOc1ccn(-c2ccc(F)cc2)c(=O)c1C(=O)Nc1cc(Cl)c(Oc2ccnc(NC(C)=O)c2)cc1F. The van der Waals surface area contributed by atoms with Gasteiger partial charge in [-0.2, -0.15) is 0 Å². The minimum absolute atomic E-state index is 0.0162. The molecule has 0 spiro atoms. The molecule has 39 heavy (non-hydrogen) atoms. The lowest BCUT2D eigenvalue weighted by atomic mass is 10.2. The summed E-state index contributed by atoms with van der Waals surface area (Å²) in [4.78, 5) is 41.7. The number of carbonyl (C=O) groups is 2. The molecule has 4 rings (SSSR count). The van der Waals surface area contributed by atoms with Crippen LogP contribution in [0.2, 0.25) is 5.02 Å². The minimum Gasteiger partial charge on any atom is -0.493 e. The highest BCUT2D eigenvalue weighted by Gasteiger charge is 2.22. The molecule has 200 valence electrons. The molecule has 0 bridgehead atoms. The van der Waals surface area contributed by atoms with Crippen molar-refractivity contribution in [2.75, 3.05) is 17.2 Å². The molecule has 0 aliphatic carbocycles. The van der Waals surface area contributed by atoms with Crippen LogP contribution >= 0.6 is 11.6 Å². The molecular weight excluding hydrogens is 534 g/mol. The summed E-state index contributed by atoms with van der Waals surface area (Å²) in [6.45, 7) is 3.15. The third-order valence-electron chi connectivity index (χ3n) is 5.22. The Morgan fingerprint density at radius 3 is 2.46 bits per heavy atom. The Balaban J connectivity index is 1.63. The molecule has 0 unspecified atom stereocenters. The first-order valence-corrected chi connectivity index (χ1v) is 11.9. The van der Waals surface area contributed by atoms with Crippen LogP contribution in [0.4, 0.5) is 20.3 Å². The Hall–Kier alpha value is -4.77. The van der Waals surface area contributed by atoms with Crippen LogP contribution in [-0.4, -0.2) is 28.0 Å². The van der Waals surface area contributed by atoms with E-state index < -0.39 is 23.1 Å². The fourth-order valence-electron chi connectivity index (χ4n) is 3.55. The van der Waals surface area contributed by atoms with Gasteiger partial charge >= 0.3 is 0 Å². The Morgan fingerprint density at radius 1 is 1.03 bits per heavy atom. The van der Waals surface area contributed by atoms with E-state index in [4.69, 9.17) is 21.1 Å². The van der Waals surface area contributed by atoms with E-state index in [2.05, 4.69) is 15.6 Å². The van der Waals surface area contributed by atoms with Crippen molar-refractivity contribution in [2.24, 2.45) is 0 Å². The zero-order valence-electron chi connectivity index (χ0n) is 20.6. The summed E-state index contributed by atoms with van der Waals surface area (Å²) in [5, 5.41) is 4.80. The van der Waals surface area contributed by atoms with Crippen LogP contribution in [0.5, 0.6) is 17.2 Å². The first-order valence-electron chi connectivity index (χ1n) is 11.5. The zero-order valence-corrected chi connectivity index (χ0v) is 21.4. The number of amides is 2. The molecule has 9 nitrogen and oxygen atoms in total. The first kappa shape index (κ1) is 27.3. The van der Waals surface area contributed by atoms with E-state index in [9.17, 15) is 18.8 Å². The molecule has 12 heteroatoms. The van der Waals surface area contributed by atoms with Crippen molar-refractivity contribution in [3.63, 3.8) is 0 Å². The van der Waals surface area contributed by atoms with Gasteiger partial charge in [-0.3, -0.25) is 19.0 Å². The molecule has 2 aromatic heterocycles. The number of halogens is 3. The van der Waals surface area contributed by atoms with Crippen molar-refractivity contribution >= 4 is 34.9 Å². The molecule has 4 aromatic rings. The number of carbonyl (C=O) groups excluding carboxylic acids is 2. The standard InChI is InChI=1S/C27H21ClF2N4O5/c1-3-38-22-9-11-34(17-6-4-16(29)5-7-17)27(37)25(22)26(36)33-21-13-19(28)23(14-20(21)30)39-18-8-10-31-24(12-18)32-15(2)35/h4-14H,3H2,1-2H3,(H,33,36)(H,31,32,35). The molecule has 0 aliphatic heterocycles. The number of benzene rings is 2. The third kappa shape index (κ3) is 6.39. The Bertz CT molecular complexity index is 1610. The number of ether oxygens (including phenoxy) is 2. The molecule has 0 aliphatic rings. The summed E-state index contributed by atoms with van der Waals surface area (Å²) in [5.74, 6) is -2.31. The maximum atomic E-state index is 15.0. The molecule has 2 N–H and O–H groups in total. The Morgan fingerprint density at radius 2 is 1.77 bits per heavy atom. The quantitative estimate of drug-likeness (QED) is 0.295. The van der Waals surface area contributed by atoms with E-state index in [-0.39, 0.29) is 51.9 Å². The summed E-state index contributed by atoms with van der Waals surface area (Å²) < 4.78 is 40.6. The first-order chi connectivity index (χ1) is 18.7. The highest BCUT2D eigenvalue weighted by atomic mass is 35.5. The van der Waals surface area contributed by atoms with Gasteiger partial charge in [0.15, 0.2) is 5.82 Å². The minimum atomic E-state index is -0.947. The molecule has 0 radical (unpaired) electrons. The van der Waals surface area contributed by atoms with Crippen molar-refractivity contribution in [3.8, 4) is 22.9 Å². The lowest BCUT2D eigenvalue weighted by molar-refractivity contribution is -0.114. The van der Waals surface area contributed by atoms with Crippen molar-refractivity contribution in [1.29, 1.82) is 0 Å². The molecule has 2 heterocycles. The van der Waals surface area contributed by atoms with Crippen LogP contribution in [0, 0.1) is 11.6 Å². The second-order valence-corrected chi connectivity index (χ2v) is 8.42. The Labute approximate surface area is 226 Å². The second kappa shape index (κ2) is 11.7. The van der Waals surface area contributed by atoms with Gasteiger partial charge < -0.3 is 20.1 Å². The number of anilines is 2. The normalized spacial score (nSPS) is 10.6. The molecule has 0 saturated heterocycles. The summed E-state index contributed by atoms with van der Waals surface area (Å²) in [7, 11) is 0. The number of hydrogen-bond acceptors (Lipinski definition) is 6. The van der Waals surface area contributed by atoms with Crippen LogP contribution in [0.25, 0.3) is 5.69 Å². The average molecular weight is 555 g/mol. The molecule has 2 amide bonds. The number of nitrogens with one attached hydrogen (secondary N) is 2. The van der Waals surface area contributed by atoms with E-state index in [1.807, 2.05) is 0 Å². The molecule has 0 fully saturated rings. The zero-order chi connectivity index (χ0) is 28.1. The number of rotatable bonds is 8. The van der Waals surface area contributed by atoms with Gasteiger partial charge in [-0.15, -0.1) is 0 Å². The highest BCUT2D eigenvalue weighted by molar-refractivity contribution is 6.32. The van der Waals surface area contributed by atoms with E-state index in [0.29, 0.717) is 5.69 Å². The number of pyridine rings is 2. The average Bonchev–Trinajstić information content (AvgIpc) is 2.88. The van der Waals surface area contributed by atoms with Crippen LogP contribution in [-0.2, 0) is 4.79 Å². The topological polar surface area (TPSA) is 112 Å². The predicted octanol–water partition coefficient (Wildman–Crippen LogP) is 5.57. The summed E-state index contributed by atoms with van der Waals surface area (Å²) >= 11 is 6.29. The fourth-order valence-corrected chi connectivity index (χ4v) is 3.75. The van der Waals surface area contributed by atoms with Gasteiger partial charge in [-0.1, -0.05) is 11.6 Å². The van der Waals surface area contributed by atoms with Gasteiger partial charge in [-0.05, 0) is 49.4 Å². The van der Waals surface area contributed by atoms with E-state index in [0.717, 1.165) is 16.7 Å². The number of nitrogens with zero attached hydrogens (tertiary/aromatic N) is 2. The lowest BCUT2D eigenvalue weighted by Gasteiger charge is -2.15. The summed E-state index contributed by atoms with van der Waals surface area (Å²) in [6.07, 6.45) is 2.77. The lowest BCUT2D eigenvalue weighted by Crippen LogP contribution is -2.29. The fraction of sp³-hybridized carbons (Fsp3) is 0.111. The maximum absolute atomic E-state index is 15.0. The van der Waals surface area contributed by atoms with E-state index >= 15 is 4.39 Å². The van der Waals surface area contributed by atoms with Gasteiger partial charge in [-0.25, -0.2) is 13.8 Å². The van der Waals surface area contributed by atoms with Gasteiger partial charge in [0.25, 0.3) is 11.5 Å². The summed E-state index contributed by atoms with van der Waals surface area (Å²) in [6, 6.07) is 11.5. The second-order valence-electron chi connectivity index (χ2n) is 8.02. The molecule has 2 aromatic carbocycles. The van der Waals surface area contributed by atoms with Crippen molar-refractivity contribution in [3.05, 3.63) is 99.6 Å². The Kier molecular flexibility index (Phi) is 8.21. The molecule has 0 atom stereocenters. The largest absolute Gasteiger partial charge is 0.493 e. The third-order valence-corrected chi connectivity index (χ3v) is 5.51. The van der Waals surface area contributed by atoms with Crippen LogP contribution in [0.1, 0.15) is 24.2 Å². The van der Waals surface area contributed by atoms with Crippen molar-refractivity contribution < 1.29 is 27.8 Å². The molecule has 0 saturated carbocycles. The van der Waals surface area contributed by atoms with Crippen LogP contribution < -0.4 is 25.7 Å². The predicted molar refractivity (Wildman–Crippen MR) is 141 cm³/mol. The van der Waals surface area contributed by atoms with Gasteiger partial charge in [0.1, 0.15) is 34.4 Å². The summed E-state index contributed by atoms with van der Waals surface area (Å²) in [5.41, 5.74) is -1.15. The van der Waals surface area contributed by atoms with Crippen molar-refractivity contribution in [1.82, 2.24) is 9.55 Å².